The fraction of sp³-hybridized carbons (Fsp3) is 0.600. The Kier molecular flexibility index (Phi) is 4.53. The molecule has 4 heteroatoms. The van der Waals surface area contributed by atoms with E-state index >= 15 is 0 Å². The number of hydrogen-bond donors (Lipinski definition) is 1. The quantitative estimate of drug-likeness (QED) is 0.889. The lowest BCUT2D eigenvalue weighted by molar-refractivity contribution is 0.0957. The number of nitrogens with two attached hydrogens (primary N) is 1. The van der Waals surface area contributed by atoms with Crippen molar-refractivity contribution in [3.8, 4) is 0 Å². The van der Waals surface area contributed by atoms with Crippen LogP contribution in [-0.2, 0) is 6.54 Å². The summed E-state index contributed by atoms with van der Waals surface area (Å²) in [5.74, 6) is -0.998. The highest BCUT2D eigenvalue weighted by Crippen LogP contribution is 2.35. The fourth-order valence-corrected chi connectivity index (χ4v) is 3.15. The number of nitrogens with zero attached hydrogens (tertiary/aromatic N) is 1. The second kappa shape index (κ2) is 5.97. The summed E-state index contributed by atoms with van der Waals surface area (Å²) in [7, 11) is 0. The van der Waals surface area contributed by atoms with E-state index < -0.39 is 11.6 Å². The summed E-state index contributed by atoms with van der Waals surface area (Å²) in [5.41, 5.74) is 6.51. The predicted molar refractivity (Wildman–Crippen MR) is 72.7 cm³/mol. The Morgan fingerprint density at radius 2 is 1.95 bits per heavy atom. The third kappa shape index (κ3) is 2.95. The third-order valence-electron chi connectivity index (χ3n) is 4.34. The van der Waals surface area contributed by atoms with Gasteiger partial charge in [-0.2, -0.15) is 0 Å². The monoisotopic (exact) mass is 268 g/mol. The zero-order chi connectivity index (χ0) is 13.9. The largest absolute Gasteiger partial charge is 0.329 e. The summed E-state index contributed by atoms with van der Waals surface area (Å²) in [6.45, 7) is 3.99. The Morgan fingerprint density at radius 3 is 2.47 bits per heavy atom. The molecule has 0 heterocycles. The second-order valence-corrected chi connectivity index (χ2v) is 5.39. The minimum Gasteiger partial charge on any atom is -0.329 e. The van der Waals surface area contributed by atoms with Crippen LogP contribution in [0.5, 0.6) is 0 Å². The molecule has 1 aliphatic carbocycles. The Labute approximate surface area is 113 Å². The van der Waals surface area contributed by atoms with Gasteiger partial charge in [-0.25, -0.2) is 8.78 Å². The van der Waals surface area contributed by atoms with E-state index in [9.17, 15) is 8.78 Å². The molecule has 0 radical (unpaired) electrons. The molecule has 0 amide bonds. The van der Waals surface area contributed by atoms with Crippen molar-refractivity contribution in [1.82, 2.24) is 4.90 Å². The van der Waals surface area contributed by atoms with E-state index in [-0.39, 0.29) is 5.54 Å². The van der Waals surface area contributed by atoms with Crippen LogP contribution < -0.4 is 5.73 Å². The predicted octanol–water partition coefficient (Wildman–Crippen LogP) is 3.06. The zero-order valence-electron chi connectivity index (χ0n) is 11.5. The van der Waals surface area contributed by atoms with Crippen molar-refractivity contribution in [2.45, 2.75) is 44.7 Å². The van der Waals surface area contributed by atoms with Crippen LogP contribution in [0.15, 0.2) is 18.2 Å². The molecule has 2 nitrogen and oxygen atoms in total. The Balaban J connectivity index is 2.18. The van der Waals surface area contributed by atoms with E-state index in [1.807, 2.05) is 0 Å². The van der Waals surface area contributed by atoms with E-state index in [2.05, 4.69) is 11.8 Å². The van der Waals surface area contributed by atoms with Crippen LogP contribution in [0.4, 0.5) is 8.78 Å². The molecule has 1 aromatic carbocycles. The maximum absolute atomic E-state index is 13.8. The van der Waals surface area contributed by atoms with Gasteiger partial charge in [-0.15, -0.1) is 0 Å². The summed E-state index contributed by atoms with van der Waals surface area (Å²) >= 11 is 0. The summed E-state index contributed by atoms with van der Waals surface area (Å²) in [5, 5.41) is 0. The van der Waals surface area contributed by atoms with Gasteiger partial charge in [-0.05, 0) is 25.5 Å². The van der Waals surface area contributed by atoms with Crippen molar-refractivity contribution < 1.29 is 8.78 Å². The van der Waals surface area contributed by atoms with E-state index in [1.54, 1.807) is 0 Å². The molecule has 1 aliphatic rings. The van der Waals surface area contributed by atoms with Crippen molar-refractivity contribution >= 4 is 0 Å². The standard InChI is InChI=1S/C15H22F2N2/c1-2-19(15(11-18)7-3-4-8-15)10-12-5-6-13(16)9-14(12)17/h5-6,9H,2-4,7-8,10-11,18H2,1H3. The molecule has 0 unspecified atom stereocenters. The van der Waals surface area contributed by atoms with Crippen LogP contribution in [0.2, 0.25) is 0 Å². The average molecular weight is 268 g/mol. The van der Waals surface area contributed by atoms with E-state index in [4.69, 9.17) is 5.73 Å². The molecule has 2 rings (SSSR count). The number of hydrogen-bond acceptors (Lipinski definition) is 2. The molecule has 1 aromatic rings. The SMILES string of the molecule is CCN(Cc1ccc(F)cc1F)C1(CN)CCCC1. The van der Waals surface area contributed by atoms with Crippen LogP contribution in [0.25, 0.3) is 0 Å². The van der Waals surface area contributed by atoms with Gasteiger partial charge in [0.05, 0.1) is 0 Å². The molecule has 2 N–H and O–H groups in total. The first-order valence-electron chi connectivity index (χ1n) is 7.00. The maximum atomic E-state index is 13.8. The maximum Gasteiger partial charge on any atom is 0.130 e. The van der Waals surface area contributed by atoms with Gasteiger partial charge in [0.15, 0.2) is 0 Å². The third-order valence-corrected chi connectivity index (χ3v) is 4.34. The summed E-state index contributed by atoms with van der Waals surface area (Å²) in [6.07, 6.45) is 4.50. The number of halogens is 2. The molecule has 0 aliphatic heterocycles. The van der Waals surface area contributed by atoms with Gasteiger partial charge in [-0.1, -0.05) is 25.8 Å². The summed E-state index contributed by atoms with van der Waals surface area (Å²) in [4.78, 5) is 2.25. The van der Waals surface area contributed by atoms with Crippen LogP contribution in [0.1, 0.15) is 38.2 Å². The van der Waals surface area contributed by atoms with Crippen molar-refractivity contribution in [3.05, 3.63) is 35.4 Å². The van der Waals surface area contributed by atoms with E-state index in [0.717, 1.165) is 25.5 Å². The number of likely N-dealkylation sites (N-methyl/N-ethyl adjacent to an activating group) is 1. The lowest BCUT2D eigenvalue weighted by atomic mass is 9.94. The van der Waals surface area contributed by atoms with E-state index in [0.29, 0.717) is 18.7 Å². The lowest BCUT2D eigenvalue weighted by Crippen LogP contribution is -2.51. The van der Waals surface area contributed by atoms with Crippen molar-refractivity contribution in [3.63, 3.8) is 0 Å². The minimum atomic E-state index is -0.529. The van der Waals surface area contributed by atoms with Crippen molar-refractivity contribution in [2.24, 2.45) is 5.73 Å². The van der Waals surface area contributed by atoms with E-state index in [1.165, 1.54) is 25.0 Å². The van der Waals surface area contributed by atoms with Crippen molar-refractivity contribution in [2.75, 3.05) is 13.1 Å². The van der Waals surface area contributed by atoms with Crippen LogP contribution >= 0.6 is 0 Å². The minimum absolute atomic E-state index is 0.00439. The number of rotatable bonds is 5. The zero-order valence-corrected chi connectivity index (χ0v) is 11.5. The number of benzene rings is 1. The molecule has 0 bridgehead atoms. The van der Waals surface area contributed by atoms with Gasteiger partial charge >= 0.3 is 0 Å². The Morgan fingerprint density at radius 1 is 1.26 bits per heavy atom. The smallest absolute Gasteiger partial charge is 0.130 e. The van der Waals surface area contributed by atoms with Crippen LogP contribution in [0, 0.1) is 11.6 Å². The first-order chi connectivity index (χ1) is 9.11. The lowest BCUT2D eigenvalue weighted by Gasteiger charge is -2.40. The molecule has 106 valence electrons. The first-order valence-corrected chi connectivity index (χ1v) is 7.00. The topological polar surface area (TPSA) is 29.3 Å². The molecular weight excluding hydrogens is 246 g/mol. The van der Waals surface area contributed by atoms with Crippen LogP contribution in [-0.4, -0.2) is 23.5 Å². The van der Waals surface area contributed by atoms with Crippen LogP contribution in [0.3, 0.4) is 0 Å². The van der Waals surface area contributed by atoms with Gasteiger partial charge in [0, 0.05) is 30.3 Å². The van der Waals surface area contributed by atoms with Gasteiger partial charge in [0.1, 0.15) is 11.6 Å². The highest BCUT2D eigenvalue weighted by atomic mass is 19.1. The molecule has 0 atom stereocenters. The molecule has 19 heavy (non-hydrogen) atoms. The van der Waals surface area contributed by atoms with Gasteiger partial charge in [-0.3, -0.25) is 4.90 Å². The first kappa shape index (κ1) is 14.4. The summed E-state index contributed by atoms with van der Waals surface area (Å²) in [6, 6.07) is 3.80. The Hall–Kier alpha value is -1.00. The highest BCUT2D eigenvalue weighted by Gasteiger charge is 2.37. The Bertz CT molecular complexity index is 428. The van der Waals surface area contributed by atoms with Gasteiger partial charge < -0.3 is 5.73 Å². The average Bonchev–Trinajstić information content (AvgIpc) is 2.88. The normalized spacial score (nSPS) is 18.2. The molecular formula is C15H22F2N2. The fourth-order valence-electron chi connectivity index (χ4n) is 3.15. The molecule has 0 saturated heterocycles. The summed E-state index contributed by atoms with van der Waals surface area (Å²) < 4.78 is 26.7. The van der Waals surface area contributed by atoms with Gasteiger partial charge in [0.2, 0.25) is 0 Å². The molecule has 0 aromatic heterocycles. The van der Waals surface area contributed by atoms with Crippen molar-refractivity contribution in [1.29, 1.82) is 0 Å². The van der Waals surface area contributed by atoms with Gasteiger partial charge in [0.25, 0.3) is 0 Å². The molecule has 0 spiro atoms. The molecule has 1 fully saturated rings. The second-order valence-electron chi connectivity index (χ2n) is 5.39. The molecule has 1 saturated carbocycles. The highest BCUT2D eigenvalue weighted by molar-refractivity contribution is 5.19.